The maximum atomic E-state index is 12.9. The summed E-state index contributed by atoms with van der Waals surface area (Å²) in [6.45, 7) is 3.99. The third-order valence-electron chi connectivity index (χ3n) is 4.69. The summed E-state index contributed by atoms with van der Waals surface area (Å²) in [5.74, 6) is 1.31. The largest absolute Gasteiger partial charge is 0.496 e. The number of benzene rings is 3. The Balaban J connectivity index is 1.87. The molecule has 0 aliphatic rings. The lowest BCUT2D eigenvalue weighted by Crippen LogP contribution is -2.17. The van der Waals surface area contributed by atoms with E-state index in [1.165, 1.54) is 0 Å². The molecule has 5 heteroatoms. The third kappa shape index (κ3) is 5.77. The minimum absolute atomic E-state index is 0.0873. The summed E-state index contributed by atoms with van der Waals surface area (Å²) >= 11 is 5.93. The summed E-state index contributed by atoms with van der Waals surface area (Å²) in [6, 6.07) is 22.8. The first-order valence-electron chi connectivity index (χ1n) is 9.91. The monoisotopic (exact) mass is 423 g/mol. The average molecular weight is 424 g/mol. The van der Waals surface area contributed by atoms with Gasteiger partial charge in [0.05, 0.1) is 13.2 Å². The molecule has 0 spiro atoms. The molecule has 0 aliphatic carbocycles. The van der Waals surface area contributed by atoms with Crippen molar-refractivity contribution in [3.63, 3.8) is 0 Å². The van der Waals surface area contributed by atoms with Crippen molar-refractivity contribution in [3.8, 4) is 11.5 Å². The Hall–Kier alpha value is -2.98. The SMILES string of the molecule is COc1ccccc1[C@@H](CC(=O)Nc1ccc(Cl)cc1)c1ccc(OC(C)C)cc1. The van der Waals surface area contributed by atoms with Gasteiger partial charge in [0.1, 0.15) is 11.5 Å². The van der Waals surface area contributed by atoms with Gasteiger partial charge in [-0.2, -0.15) is 0 Å². The van der Waals surface area contributed by atoms with Crippen LogP contribution in [0.15, 0.2) is 72.8 Å². The minimum atomic E-state index is -0.165. The van der Waals surface area contributed by atoms with Gasteiger partial charge in [-0.05, 0) is 61.9 Å². The summed E-state index contributed by atoms with van der Waals surface area (Å²) in [4.78, 5) is 12.9. The van der Waals surface area contributed by atoms with Crippen molar-refractivity contribution >= 4 is 23.2 Å². The normalized spacial score (nSPS) is 11.8. The van der Waals surface area contributed by atoms with Crippen LogP contribution in [-0.2, 0) is 4.79 Å². The number of ether oxygens (including phenoxy) is 2. The number of methoxy groups -OCH3 is 1. The molecule has 3 rings (SSSR count). The first kappa shape index (κ1) is 21.7. The molecule has 0 unspecified atom stereocenters. The maximum absolute atomic E-state index is 12.9. The molecule has 0 heterocycles. The van der Waals surface area contributed by atoms with E-state index in [0.717, 1.165) is 22.6 Å². The van der Waals surface area contributed by atoms with Crippen LogP contribution in [0.2, 0.25) is 5.02 Å². The first-order chi connectivity index (χ1) is 14.5. The van der Waals surface area contributed by atoms with Crippen LogP contribution in [-0.4, -0.2) is 19.1 Å². The standard InChI is InChI=1S/C25H26ClNO3/c1-17(2)30-21-14-8-18(9-15-21)23(22-6-4-5-7-24(22)29-3)16-25(28)27-20-12-10-19(26)11-13-20/h4-15,17,23H,16H2,1-3H3,(H,27,28)/t23-/m0/s1. The summed E-state index contributed by atoms with van der Waals surface area (Å²) in [7, 11) is 1.64. The van der Waals surface area contributed by atoms with Crippen LogP contribution in [0, 0.1) is 0 Å². The van der Waals surface area contributed by atoms with Gasteiger partial charge in [-0.25, -0.2) is 0 Å². The highest BCUT2D eigenvalue weighted by molar-refractivity contribution is 6.30. The van der Waals surface area contributed by atoms with Crippen molar-refractivity contribution in [2.75, 3.05) is 12.4 Å². The fraction of sp³-hybridized carbons (Fsp3) is 0.240. The van der Waals surface area contributed by atoms with E-state index < -0.39 is 0 Å². The summed E-state index contributed by atoms with van der Waals surface area (Å²) in [5, 5.41) is 3.58. The van der Waals surface area contributed by atoms with Crippen LogP contribution in [0.5, 0.6) is 11.5 Å². The number of amides is 1. The van der Waals surface area contributed by atoms with E-state index in [4.69, 9.17) is 21.1 Å². The second-order valence-corrected chi connectivity index (χ2v) is 7.73. The molecule has 1 amide bonds. The van der Waals surface area contributed by atoms with E-state index in [2.05, 4.69) is 5.32 Å². The molecule has 1 atom stereocenters. The summed E-state index contributed by atoms with van der Waals surface area (Å²) < 4.78 is 11.3. The molecular weight excluding hydrogens is 398 g/mol. The van der Waals surface area contributed by atoms with Crippen molar-refractivity contribution in [2.45, 2.75) is 32.3 Å². The van der Waals surface area contributed by atoms with E-state index in [-0.39, 0.29) is 24.3 Å². The van der Waals surface area contributed by atoms with Gasteiger partial charge in [0.25, 0.3) is 0 Å². The van der Waals surface area contributed by atoms with Crippen LogP contribution in [0.3, 0.4) is 0 Å². The van der Waals surface area contributed by atoms with Gasteiger partial charge in [-0.1, -0.05) is 41.9 Å². The molecule has 0 radical (unpaired) electrons. The predicted octanol–water partition coefficient (Wildman–Crippen LogP) is 6.30. The van der Waals surface area contributed by atoms with Gasteiger partial charge in [0.15, 0.2) is 0 Å². The van der Waals surface area contributed by atoms with Crippen molar-refractivity contribution in [1.29, 1.82) is 0 Å². The van der Waals surface area contributed by atoms with Crippen molar-refractivity contribution in [1.82, 2.24) is 0 Å². The first-order valence-corrected chi connectivity index (χ1v) is 10.3. The van der Waals surface area contributed by atoms with E-state index in [0.29, 0.717) is 10.7 Å². The van der Waals surface area contributed by atoms with Gasteiger partial charge < -0.3 is 14.8 Å². The molecule has 0 fully saturated rings. The van der Waals surface area contributed by atoms with E-state index in [1.54, 1.807) is 31.4 Å². The lowest BCUT2D eigenvalue weighted by Gasteiger charge is -2.21. The van der Waals surface area contributed by atoms with E-state index >= 15 is 0 Å². The van der Waals surface area contributed by atoms with Gasteiger partial charge >= 0.3 is 0 Å². The molecule has 0 aliphatic heterocycles. The number of carbonyl (C=O) groups excluding carboxylic acids is 1. The fourth-order valence-electron chi connectivity index (χ4n) is 3.34. The number of rotatable bonds is 8. The van der Waals surface area contributed by atoms with Crippen molar-refractivity contribution < 1.29 is 14.3 Å². The highest BCUT2D eigenvalue weighted by Gasteiger charge is 2.22. The molecule has 3 aromatic rings. The second-order valence-electron chi connectivity index (χ2n) is 7.29. The topological polar surface area (TPSA) is 47.6 Å². The maximum Gasteiger partial charge on any atom is 0.225 e. The molecular formula is C25H26ClNO3. The Bertz CT molecular complexity index is 968. The average Bonchev–Trinajstić information content (AvgIpc) is 2.74. The Kier molecular flexibility index (Phi) is 7.36. The van der Waals surface area contributed by atoms with Gasteiger partial charge in [-0.15, -0.1) is 0 Å². The third-order valence-corrected chi connectivity index (χ3v) is 4.94. The van der Waals surface area contributed by atoms with Crippen LogP contribution in [0.25, 0.3) is 0 Å². The molecule has 30 heavy (non-hydrogen) atoms. The Labute approximate surface area is 182 Å². The van der Waals surface area contributed by atoms with Gasteiger partial charge in [0, 0.05) is 28.6 Å². The van der Waals surface area contributed by atoms with Gasteiger partial charge in [0.2, 0.25) is 5.91 Å². The summed E-state index contributed by atoms with van der Waals surface area (Å²) in [5.41, 5.74) is 2.69. The number of carbonyl (C=O) groups is 1. The lowest BCUT2D eigenvalue weighted by atomic mass is 9.87. The molecule has 156 valence electrons. The fourth-order valence-corrected chi connectivity index (χ4v) is 3.47. The zero-order valence-corrected chi connectivity index (χ0v) is 18.1. The number of hydrogen-bond acceptors (Lipinski definition) is 3. The Morgan fingerprint density at radius 1 is 0.967 bits per heavy atom. The van der Waals surface area contributed by atoms with Crippen LogP contribution >= 0.6 is 11.6 Å². The van der Waals surface area contributed by atoms with Crippen LogP contribution in [0.4, 0.5) is 5.69 Å². The molecule has 0 saturated heterocycles. The zero-order chi connectivity index (χ0) is 21.5. The number of hydrogen-bond donors (Lipinski definition) is 1. The summed E-state index contributed by atoms with van der Waals surface area (Å²) in [6.07, 6.45) is 0.374. The molecule has 0 saturated carbocycles. The zero-order valence-electron chi connectivity index (χ0n) is 17.4. The highest BCUT2D eigenvalue weighted by atomic mass is 35.5. The van der Waals surface area contributed by atoms with Crippen LogP contribution in [0.1, 0.15) is 37.3 Å². The van der Waals surface area contributed by atoms with Crippen molar-refractivity contribution in [3.05, 3.63) is 88.9 Å². The molecule has 0 aromatic heterocycles. The predicted molar refractivity (Wildman–Crippen MR) is 122 cm³/mol. The number of para-hydroxylation sites is 1. The Morgan fingerprint density at radius 3 is 2.27 bits per heavy atom. The lowest BCUT2D eigenvalue weighted by molar-refractivity contribution is -0.116. The molecule has 3 aromatic carbocycles. The van der Waals surface area contributed by atoms with E-state index in [9.17, 15) is 4.79 Å². The van der Waals surface area contributed by atoms with E-state index in [1.807, 2.05) is 62.4 Å². The second kappa shape index (κ2) is 10.2. The number of nitrogens with one attached hydrogen (secondary N) is 1. The Morgan fingerprint density at radius 2 is 1.63 bits per heavy atom. The quantitative estimate of drug-likeness (QED) is 0.462. The van der Waals surface area contributed by atoms with Crippen LogP contribution < -0.4 is 14.8 Å². The molecule has 0 bridgehead atoms. The number of anilines is 1. The smallest absolute Gasteiger partial charge is 0.225 e. The molecule has 4 nitrogen and oxygen atoms in total. The van der Waals surface area contributed by atoms with Crippen molar-refractivity contribution in [2.24, 2.45) is 0 Å². The number of halogens is 1. The molecule has 1 N–H and O–H groups in total. The highest BCUT2D eigenvalue weighted by Crippen LogP contribution is 2.35. The minimum Gasteiger partial charge on any atom is -0.496 e. The van der Waals surface area contributed by atoms with Gasteiger partial charge in [-0.3, -0.25) is 4.79 Å².